The second kappa shape index (κ2) is 5.14. The van der Waals surface area contributed by atoms with E-state index < -0.39 is 0 Å². The van der Waals surface area contributed by atoms with Crippen molar-refractivity contribution in [3.63, 3.8) is 0 Å². The van der Waals surface area contributed by atoms with Crippen molar-refractivity contribution in [2.24, 2.45) is 0 Å². The van der Waals surface area contributed by atoms with E-state index in [-0.39, 0.29) is 5.97 Å². The lowest BCUT2D eigenvalue weighted by molar-refractivity contribution is -0.170. The van der Waals surface area contributed by atoms with Gasteiger partial charge in [-0.3, -0.25) is 4.79 Å². The van der Waals surface area contributed by atoms with Gasteiger partial charge in [0.25, 0.3) is 0 Å². The third kappa shape index (κ3) is 3.22. The predicted octanol–water partition coefficient (Wildman–Crippen LogP) is 1.73. The molecule has 1 aliphatic rings. The molecule has 0 saturated carbocycles. The van der Waals surface area contributed by atoms with Crippen LogP contribution in [0.2, 0.25) is 0 Å². The molecule has 3 heteroatoms. The molecule has 0 N–H and O–H groups in total. The van der Waals surface area contributed by atoms with Crippen LogP contribution in [0.15, 0.2) is 0 Å². The number of rotatable bonds is 5. The number of carbonyl (C=O) groups excluding carboxylic acids is 1. The van der Waals surface area contributed by atoms with Crippen LogP contribution in [-0.4, -0.2) is 24.1 Å². The van der Waals surface area contributed by atoms with E-state index in [9.17, 15) is 4.79 Å². The lowest BCUT2D eigenvalue weighted by Gasteiger charge is -2.11. The monoisotopic (exact) mass is 171 g/mol. The summed E-state index contributed by atoms with van der Waals surface area (Å²) in [5, 5.41) is 1.78. The summed E-state index contributed by atoms with van der Waals surface area (Å²) in [5.41, 5.74) is 0. The summed E-state index contributed by atoms with van der Waals surface area (Å²) in [6.45, 7) is 3.88. The molecule has 0 aromatic carbocycles. The molecule has 12 heavy (non-hydrogen) atoms. The molecule has 1 aliphatic heterocycles. The van der Waals surface area contributed by atoms with Crippen LogP contribution in [0.3, 0.4) is 0 Å². The van der Waals surface area contributed by atoms with Crippen LogP contribution in [0, 0.1) is 0 Å². The Labute approximate surface area is 73.6 Å². The molecule has 0 radical (unpaired) electrons. The Morgan fingerprint density at radius 2 is 2.25 bits per heavy atom. The second-order valence-electron chi connectivity index (χ2n) is 3.20. The van der Waals surface area contributed by atoms with Crippen LogP contribution in [0.5, 0.6) is 0 Å². The van der Waals surface area contributed by atoms with Crippen LogP contribution in [0.4, 0.5) is 0 Å². The minimum Gasteiger partial charge on any atom is -0.368 e. The fourth-order valence-electron chi connectivity index (χ4n) is 1.32. The van der Waals surface area contributed by atoms with E-state index >= 15 is 0 Å². The van der Waals surface area contributed by atoms with Crippen molar-refractivity contribution in [1.82, 2.24) is 5.06 Å². The molecule has 1 saturated heterocycles. The number of carbonyl (C=O) groups is 1. The zero-order valence-corrected chi connectivity index (χ0v) is 7.71. The number of unbranched alkanes of at least 4 members (excludes halogenated alkanes) is 3. The minimum atomic E-state index is -0.0782. The molecule has 0 spiro atoms. The van der Waals surface area contributed by atoms with Gasteiger partial charge in [0.15, 0.2) is 0 Å². The van der Waals surface area contributed by atoms with Gasteiger partial charge in [0.05, 0.1) is 6.42 Å². The van der Waals surface area contributed by atoms with Crippen LogP contribution in [0.25, 0.3) is 0 Å². The molecule has 0 bridgehead atoms. The van der Waals surface area contributed by atoms with Crippen molar-refractivity contribution in [3.8, 4) is 0 Å². The standard InChI is InChI=1S/C9H17NO2/c1-2-3-4-5-7-10-8-6-9(11)12-10/h2-8H2,1H3. The Kier molecular flexibility index (Phi) is 4.08. The molecule has 0 aromatic heterocycles. The first-order chi connectivity index (χ1) is 5.83. The maximum atomic E-state index is 10.7. The average molecular weight is 171 g/mol. The lowest BCUT2D eigenvalue weighted by atomic mass is 10.2. The third-order valence-corrected chi connectivity index (χ3v) is 2.06. The number of hydroxylamine groups is 2. The largest absolute Gasteiger partial charge is 0.368 e. The molecule has 3 nitrogen and oxygen atoms in total. The normalized spacial score (nSPS) is 18.2. The molecule has 0 atom stereocenters. The third-order valence-electron chi connectivity index (χ3n) is 2.06. The van der Waals surface area contributed by atoms with E-state index in [4.69, 9.17) is 4.84 Å². The molecule has 0 amide bonds. The Morgan fingerprint density at radius 1 is 1.42 bits per heavy atom. The summed E-state index contributed by atoms with van der Waals surface area (Å²) in [4.78, 5) is 15.6. The maximum Gasteiger partial charge on any atom is 0.326 e. The van der Waals surface area contributed by atoms with E-state index in [1.165, 1.54) is 19.3 Å². The average Bonchev–Trinajstić information content (AvgIpc) is 2.45. The van der Waals surface area contributed by atoms with Gasteiger partial charge in [-0.25, -0.2) is 0 Å². The highest BCUT2D eigenvalue weighted by atomic mass is 16.7. The summed E-state index contributed by atoms with van der Waals surface area (Å²) in [6.07, 6.45) is 5.47. The summed E-state index contributed by atoms with van der Waals surface area (Å²) < 4.78 is 0. The van der Waals surface area contributed by atoms with Gasteiger partial charge < -0.3 is 4.84 Å². The molecule has 1 heterocycles. The molecular weight excluding hydrogens is 154 g/mol. The topological polar surface area (TPSA) is 29.5 Å². The first-order valence-corrected chi connectivity index (χ1v) is 4.78. The molecule has 70 valence electrons. The molecule has 1 fully saturated rings. The van der Waals surface area contributed by atoms with E-state index in [2.05, 4.69) is 6.92 Å². The summed E-state index contributed by atoms with van der Waals surface area (Å²) in [6, 6.07) is 0. The second-order valence-corrected chi connectivity index (χ2v) is 3.20. The zero-order valence-electron chi connectivity index (χ0n) is 7.71. The fraction of sp³-hybridized carbons (Fsp3) is 0.889. The minimum absolute atomic E-state index is 0.0782. The molecular formula is C9H17NO2. The van der Waals surface area contributed by atoms with Gasteiger partial charge in [-0.2, -0.15) is 0 Å². The maximum absolute atomic E-state index is 10.7. The van der Waals surface area contributed by atoms with Crippen molar-refractivity contribution >= 4 is 5.97 Å². The molecule has 1 rings (SSSR count). The van der Waals surface area contributed by atoms with Crippen molar-refractivity contribution in [3.05, 3.63) is 0 Å². The van der Waals surface area contributed by atoms with E-state index in [1.807, 2.05) is 0 Å². The number of hydrogen-bond donors (Lipinski definition) is 0. The van der Waals surface area contributed by atoms with E-state index in [1.54, 1.807) is 5.06 Å². The van der Waals surface area contributed by atoms with Crippen LogP contribution in [0.1, 0.15) is 39.0 Å². The zero-order chi connectivity index (χ0) is 8.81. The van der Waals surface area contributed by atoms with E-state index in [0.717, 1.165) is 19.5 Å². The quantitative estimate of drug-likeness (QED) is 0.590. The van der Waals surface area contributed by atoms with Gasteiger partial charge in [0.1, 0.15) is 0 Å². The Bertz CT molecular complexity index is 147. The summed E-state index contributed by atoms with van der Waals surface area (Å²) in [5.74, 6) is -0.0782. The summed E-state index contributed by atoms with van der Waals surface area (Å²) >= 11 is 0. The summed E-state index contributed by atoms with van der Waals surface area (Å²) in [7, 11) is 0. The SMILES string of the molecule is CCCCCCN1CCC(=O)O1. The van der Waals surface area contributed by atoms with Gasteiger partial charge >= 0.3 is 5.97 Å². The Balaban J connectivity index is 1.97. The lowest BCUT2D eigenvalue weighted by Crippen LogP contribution is -2.19. The van der Waals surface area contributed by atoms with E-state index in [0.29, 0.717) is 6.42 Å². The fourth-order valence-corrected chi connectivity index (χ4v) is 1.32. The van der Waals surface area contributed by atoms with Gasteiger partial charge in [0.2, 0.25) is 0 Å². The van der Waals surface area contributed by atoms with Crippen molar-refractivity contribution < 1.29 is 9.63 Å². The van der Waals surface area contributed by atoms with Crippen LogP contribution < -0.4 is 0 Å². The smallest absolute Gasteiger partial charge is 0.326 e. The highest BCUT2D eigenvalue weighted by Gasteiger charge is 2.19. The first kappa shape index (κ1) is 9.52. The van der Waals surface area contributed by atoms with Crippen LogP contribution in [-0.2, 0) is 9.63 Å². The number of hydrogen-bond acceptors (Lipinski definition) is 3. The predicted molar refractivity (Wildman–Crippen MR) is 46.4 cm³/mol. The van der Waals surface area contributed by atoms with Gasteiger partial charge in [-0.1, -0.05) is 26.2 Å². The van der Waals surface area contributed by atoms with Crippen molar-refractivity contribution in [2.75, 3.05) is 13.1 Å². The molecule has 0 aliphatic carbocycles. The number of nitrogens with zero attached hydrogens (tertiary/aromatic N) is 1. The highest BCUT2D eigenvalue weighted by Crippen LogP contribution is 2.08. The molecule has 0 unspecified atom stereocenters. The molecule has 0 aromatic rings. The first-order valence-electron chi connectivity index (χ1n) is 4.78. The Hall–Kier alpha value is -0.570. The Morgan fingerprint density at radius 3 is 2.83 bits per heavy atom. The van der Waals surface area contributed by atoms with Crippen molar-refractivity contribution in [2.45, 2.75) is 39.0 Å². The highest BCUT2D eigenvalue weighted by molar-refractivity contribution is 5.70. The van der Waals surface area contributed by atoms with Crippen molar-refractivity contribution in [1.29, 1.82) is 0 Å². The van der Waals surface area contributed by atoms with Gasteiger partial charge in [-0.15, -0.1) is 5.06 Å². The van der Waals surface area contributed by atoms with Gasteiger partial charge in [0, 0.05) is 13.1 Å². The van der Waals surface area contributed by atoms with Gasteiger partial charge in [-0.05, 0) is 6.42 Å². The van der Waals surface area contributed by atoms with Crippen LogP contribution >= 0.6 is 0 Å².